The van der Waals surface area contributed by atoms with Gasteiger partial charge in [-0.25, -0.2) is 4.79 Å². The lowest BCUT2D eigenvalue weighted by atomic mass is 9.83. The van der Waals surface area contributed by atoms with E-state index in [1.165, 1.54) is 12.1 Å². The Labute approximate surface area is 179 Å². The van der Waals surface area contributed by atoms with Crippen molar-refractivity contribution in [2.24, 2.45) is 0 Å². The molecule has 0 saturated carbocycles. The normalized spacial score (nSPS) is 11.6. The number of nitrogens with one attached hydrogen (secondary N) is 1. The van der Waals surface area contributed by atoms with Crippen LogP contribution in [0.25, 0.3) is 17.1 Å². The van der Waals surface area contributed by atoms with E-state index in [4.69, 9.17) is 27.7 Å². The Kier molecular flexibility index (Phi) is 5.00. The van der Waals surface area contributed by atoms with Crippen molar-refractivity contribution in [1.82, 2.24) is 29.9 Å². The SMILES string of the molecule is CC(C)(c1noc(-c2cccnc2)n1)c1c(Cl)cc(-n2ncc(=O)[nH]c2=O)cc1Cl. The highest BCUT2D eigenvalue weighted by atomic mass is 35.5. The summed E-state index contributed by atoms with van der Waals surface area (Å²) in [6, 6.07) is 6.63. The summed E-state index contributed by atoms with van der Waals surface area (Å²) in [4.78, 5) is 33.9. The van der Waals surface area contributed by atoms with Crippen LogP contribution in [0, 0.1) is 0 Å². The lowest BCUT2D eigenvalue weighted by Gasteiger charge is -2.24. The molecule has 0 unspecified atom stereocenters. The topological polar surface area (TPSA) is 120 Å². The molecule has 0 amide bonds. The molecule has 152 valence electrons. The second-order valence-electron chi connectivity index (χ2n) is 6.93. The Balaban J connectivity index is 1.77. The number of hydrogen-bond donors (Lipinski definition) is 1. The van der Waals surface area contributed by atoms with Gasteiger partial charge in [0.25, 0.3) is 11.4 Å². The van der Waals surface area contributed by atoms with Crippen LogP contribution < -0.4 is 11.2 Å². The number of hydrogen-bond acceptors (Lipinski definition) is 7. The first-order valence-electron chi connectivity index (χ1n) is 8.70. The number of rotatable bonds is 4. The summed E-state index contributed by atoms with van der Waals surface area (Å²) in [7, 11) is 0. The van der Waals surface area contributed by atoms with Crippen molar-refractivity contribution in [2.45, 2.75) is 19.3 Å². The van der Waals surface area contributed by atoms with Gasteiger partial charge in [-0.1, -0.05) is 28.4 Å². The predicted octanol–water partition coefficient (Wildman–Crippen LogP) is 3.00. The molecule has 0 bridgehead atoms. The second kappa shape index (κ2) is 7.51. The third-order valence-electron chi connectivity index (χ3n) is 4.50. The number of aromatic amines is 1. The van der Waals surface area contributed by atoms with Gasteiger partial charge in [-0.05, 0) is 38.1 Å². The minimum atomic E-state index is -0.819. The third kappa shape index (κ3) is 3.53. The maximum atomic E-state index is 12.0. The van der Waals surface area contributed by atoms with Crippen molar-refractivity contribution in [2.75, 3.05) is 0 Å². The van der Waals surface area contributed by atoms with Crippen molar-refractivity contribution in [3.8, 4) is 17.1 Å². The van der Waals surface area contributed by atoms with Crippen molar-refractivity contribution >= 4 is 23.2 Å². The van der Waals surface area contributed by atoms with Crippen LogP contribution in [0.1, 0.15) is 25.2 Å². The van der Waals surface area contributed by atoms with Crippen LogP contribution in [-0.4, -0.2) is 29.9 Å². The Bertz CT molecular complexity index is 1320. The first-order chi connectivity index (χ1) is 14.3. The second-order valence-corrected chi connectivity index (χ2v) is 7.74. The number of pyridine rings is 1. The van der Waals surface area contributed by atoms with Gasteiger partial charge in [-0.15, -0.1) is 0 Å². The van der Waals surface area contributed by atoms with Gasteiger partial charge < -0.3 is 4.52 Å². The molecule has 0 radical (unpaired) electrons. The molecule has 11 heteroatoms. The van der Waals surface area contributed by atoms with E-state index in [-0.39, 0.29) is 10.0 Å². The average Bonchev–Trinajstić information content (AvgIpc) is 3.19. The van der Waals surface area contributed by atoms with Crippen molar-refractivity contribution < 1.29 is 4.52 Å². The van der Waals surface area contributed by atoms with E-state index >= 15 is 0 Å². The van der Waals surface area contributed by atoms with Crippen LogP contribution in [0.5, 0.6) is 0 Å². The summed E-state index contributed by atoms with van der Waals surface area (Å²) in [6.45, 7) is 3.70. The fourth-order valence-electron chi connectivity index (χ4n) is 3.01. The molecule has 9 nitrogen and oxygen atoms in total. The van der Waals surface area contributed by atoms with Gasteiger partial charge in [0, 0.05) is 28.0 Å². The van der Waals surface area contributed by atoms with Gasteiger partial charge in [0.1, 0.15) is 6.20 Å². The van der Waals surface area contributed by atoms with Crippen LogP contribution in [0.4, 0.5) is 0 Å². The third-order valence-corrected chi connectivity index (χ3v) is 5.10. The zero-order valence-corrected chi connectivity index (χ0v) is 17.3. The Hall–Kier alpha value is -3.30. The maximum absolute atomic E-state index is 12.0. The Morgan fingerprint density at radius 1 is 1.13 bits per heavy atom. The monoisotopic (exact) mass is 444 g/mol. The highest BCUT2D eigenvalue weighted by molar-refractivity contribution is 6.36. The van der Waals surface area contributed by atoms with Crippen LogP contribution in [0.2, 0.25) is 10.0 Å². The number of nitrogens with zero attached hydrogens (tertiary/aromatic N) is 5. The molecule has 0 spiro atoms. The van der Waals surface area contributed by atoms with E-state index < -0.39 is 16.7 Å². The summed E-state index contributed by atoms with van der Waals surface area (Å²) in [5.41, 5.74) is -0.600. The molecular formula is C19H14Cl2N6O3. The molecule has 3 aromatic heterocycles. The van der Waals surface area contributed by atoms with E-state index in [1.807, 2.05) is 13.8 Å². The molecule has 0 aliphatic rings. The van der Waals surface area contributed by atoms with E-state index in [2.05, 4.69) is 25.2 Å². The summed E-state index contributed by atoms with van der Waals surface area (Å²) in [5.74, 6) is 0.691. The number of benzene rings is 1. The number of aromatic nitrogens is 6. The number of halogens is 2. The standard InChI is InChI=1S/C19H14Cl2N6O3/c1-19(2,17-25-16(30-26-17)10-4-3-5-22-8-10)15-12(20)6-11(7-13(15)21)27-18(29)24-14(28)9-23-27/h3-9H,1-2H3,(H,24,28,29). The quantitative estimate of drug-likeness (QED) is 0.513. The molecule has 30 heavy (non-hydrogen) atoms. The first kappa shape index (κ1) is 20.0. The van der Waals surface area contributed by atoms with Gasteiger partial charge in [0.05, 0.1) is 16.7 Å². The van der Waals surface area contributed by atoms with Gasteiger partial charge >= 0.3 is 5.69 Å². The predicted molar refractivity (Wildman–Crippen MR) is 110 cm³/mol. The summed E-state index contributed by atoms with van der Waals surface area (Å²) >= 11 is 13.1. The van der Waals surface area contributed by atoms with Crippen LogP contribution in [-0.2, 0) is 5.41 Å². The van der Waals surface area contributed by atoms with Crippen LogP contribution in [0.15, 0.2) is 57.0 Å². The maximum Gasteiger partial charge on any atom is 0.349 e. The minimum Gasteiger partial charge on any atom is -0.334 e. The van der Waals surface area contributed by atoms with Gasteiger partial charge in [-0.2, -0.15) is 14.8 Å². The van der Waals surface area contributed by atoms with E-state index in [0.29, 0.717) is 28.5 Å². The highest BCUT2D eigenvalue weighted by Gasteiger charge is 2.34. The first-order valence-corrected chi connectivity index (χ1v) is 9.46. The molecule has 0 aliphatic carbocycles. The largest absolute Gasteiger partial charge is 0.349 e. The van der Waals surface area contributed by atoms with E-state index in [9.17, 15) is 9.59 Å². The molecule has 3 heterocycles. The molecule has 4 rings (SSSR count). The van der Waals surface area contributed by atoms with E-state index in [0.717, 1.165) is 10.9 Å². The fraction of sp³-hybridized carbons (Fsp3) is 0.158. The summed E-state index contributed by atoms with van der Waals surface area (Å²) in [5, 5.41) is 8.45. The van der Waals surface area contributed by atoms with Gasteiger partial charge in [0.15, 0.2) is 5.82 Å². The Morgan fingerprint density at radius 2 is 1.87 bits per heavy atom. The smallest absolute Gasteiger partial charge is 0.334 e. The van der Waals surface area contributed by atoms with Crippen LogP contribution >= 0.6 is 23.2 Å². The fourth-order valence-corrected chi connectivity index (χ4v) is 3.96. The van der Waals surface area contributed by atoms with Crippen molar-refractivity contribution in [1.29, 1.82) is 0 Å². The van der Waals surface area contributed by atoms with Gasteiger partial charge in [-0.3, -0.25) is 14.8 Å². The zero-order valence-electron chi connectivity index (χ0n) is 15.8. The van der Waals surface area contributed by atoms with Crippen molar-refractivity contribution in [3.05, 3.63) is 85.1 Å². The molecule has 0 fully saturated rings. The molecule has 4 aromatic rings. The molecule has 0 saturated heterocycles. The van der Waals surface area contributed by atoms with Crippen LogP contribution in [0.3, 0.4) is 0 Å². The average molecular weight is 445 g/mol. The van der Waals surface area contributed by atoms with E-state index in [1.54, 1.807) is 24.5 Å². The van der Waals surface area contributed by atoms with Gasteiger partial charge in [0.2, 0.25) is 0 Å². The number of H-pyrrole nitrogens is 1. The molecule has 1 N–H and O–H groups in total. The molecule has 0 atom stereocenters. The molecule has 1 aromatic carbocycles. The summed E-state index contributed by atoms with van der Waals surface area (Å²) in [6.07, 6.45) is 4.25. The minimum absolute atomic E-state index is 0.273. The summed E-state index contributed by atoms with van der Waals surface area (Å²) < 4.78 is 6.37. The molecular weight excluding hydrogens is 431 g/mol. The Morgan fingerprint density at radius 3 is 2.50 bits per heavy atom. The lowest BCUT2D eigenvalue weighted by Crippen LogP contribution is -2.30. The van der Waals surface area contributed by atoms with Crippen molar-refractivity contribution in [3.63, 3.8) is 0 Å². The molecule has 0 aliphatic heterocycles. The lowest BCUT2D eigenvalue weighted by molar-refractivity contribution is 0.408. The zero-order chi connectivity index (χ0) is 21.5. The highest BCUT2D eigenvalue weighted by Crippen LogP contribution is 2.40.